The second kappa shape index (κ2) is 7.20. The Kier molecular flexibility index (Phi) is 4.50. The van der Waals surface area contributed by atoms with Crippen molar-refractivity contribution in [1.29, 1.82) is 0 Å². The fraction of sp³-hybridized carbons (Fsp3) is 0.333. The fourth-order valence-corrected chi connectivity index (χ4v) is 4.14. The largest absolute Gasteiger partial charge is 0.486 e. The number of pyridine rings is 1. The molecule has 2 heterocycles. The van der Waals surface area contributed by atoms with Crippen LogP contribution in [0.3, 0.4) is 0 Å². The molecule has 6 nitrogen and oxygen atoms in total. The van der Waals surface area contributed by atoms with Gasteiger partial charge in [0.1, 0.15) is 18.8 Å². The summed E-state index contributed by atoms with van der Waals surface area (Å²) in [6, 6.07) is 9.97. The van der Waals surface area contributed by atoms with Crippen LogP contribution in [0.2, 0.25) is 0 Å². The van der Waals surface area contributed by atoms with Gasteiger partial charge in [0.25, 0.3) is 0 Å². The van der Waals surface area contributed by atoms with E-state index in [9.17, 15) is 9.59 Å². The maximum Gasteiger partial charge on any atom is 0.343 e. The topological polar surface area (TPSA) is 66.8 Å². The summed E-state index contributed by atoms with van der Waals surface area (Å²) in [5.74, 6) is 0.917. The number of esters is 1. The first kappa shape index (κ1) is 18.7. The van der Waals surface area contributed by atoms with Gasteiger partial charge in [-0.2, -0.15) is 0 Å². The first-order valence-corrected chi connectivity index (χ1v) is 10.3. The zero-order valence-corrected chi connectivity index (χ0v) is 17.1. The normalized spacial score (nSPS) is 15.3. The van der Waals surface area contributed by atoms with Crippen LogP contribution < -0.4 is 14.9 Å². The van der Waals surface area contributed by atoms with Crippen LogP contribution in [0, 0.1) is 6.92 Å². The first-order valence-electron chi connectivity index (χ1n) is 10.3. The lowest BCUT2D eigenvalue weighted by atomic mass is 9.96. The van der Waals surface area contributed by atoms with E-state index in [4.69, 9.17) is 14.2 Å². The summed E-state index contributed by atoms with van der Waals surface area (Å²) < 4.78 is 18.6. The lowest BCUT2D eigenvalue weighted by Gasteiger charge is -2.20. The highest BCUT2D eigenvalue weighted by Gasteiger charge is 2.28. The summed E-state index contributed by atoms with van der Waals surface area (Å²) in [7, 11) is 0. The Hall–Kier alpha value is -3.28. The monoisotopic (exact) mass is 405 g/mol. The lowest BCUT2D eigenvalue weighted by Crippen LogP contribution is -2.21. The number of ether oxygens (including phenoxy) is 3. The van der Waals surface area contributed by atoms with Gasteiger partial charge in [0.05, 0.1) is 12.1 Å². The molecular formula is C24H23NO5. The minimum atomic E-state index is -0.563. The van der Waals surface area contributed by atoms with Crippen LogP contribution in [0.15, 0.2) is 41.3 Å². The van der Waals surface area contributed by atoms with Crippen molar-refractivity contribution >= 4 is 16.9 Å². The summed E-state index contributed by atoms with van der Waals surface area (Å²) >= 11 is 0. The van der Waals surface area contributed by atoms with Crippen LogP contribution in [-0.2, 0) is 4.74 Å². The van der Waals surface area contributed by atoms with Gasteiger partial charge in [-0.05, 0) is 61.6 Å². The standard InChI is InChI=1S/C24H23NO5/c1-3-28-24(27)19-13-25(16-5-6-16)22-14(2)17(7-8-18(22)23(19)26)15-4-9-20-21(12-15)30-11-10-29-20/h4,7-9,12-13,16H,3,5-6,10-11H2,1-2H3. The maximum absolute atomic E-state index is 13.1. The Bertz CT molecular complexity index is 1220. The van der Waals surface area contributed by atoms with Crippen LogP contribution in [0.25, 0.3) is 22.0 Å². The molecule has 2 aromatic carbocycles. The van der Waals surface area contributed by atoms with Crippen molar-refractivity contribution in [1.82, 2.24) is 4.57 Å². The summed E-state index contributed by atoms with van der Waals surface area (Å²) in [6.45, 7) is 5.09. The summed E-state index contributed by atoms with van der Waals surface area (Å²) in [6.07, 6.45) is 3.75. The molecule has 0 spiro atoms. The second-order valence-corrected chi connectivity index (χ2v) is 7.72. The third kappa shape index (κ3) is 3.03. The number of hydrogen-bond donors (Lipinski definition) is 0. The van der Waals surface area contributed by atoms with E-state index < -0.39 is 5.97 Å². The Morgan fingerprint density at radius 1 is 1.13 bits per heavy atom. The van der Waals surface area contributed by atoms with E-state index in [0.717, 1.165) is 46.5 Å². The summed E-state index contributed by atoms with van der Waals surface area (Å²) in [5.41, 5.74) is 3.73. The number of nitrogens with zero attached hydrogens (tertiary/aromatic N) is 1. The molecule has 1 aliphatic carbocycles. The van der Waals surface area contributed by atoms with Crippen LogP contribution in [0.5, 0.6) is 11.5 Å². The quantitative estimate of drug-likeness (QED) is 0.607. The number of rotatable bonds is 4. The molecule has 0 atom stereocenters. The van der Waals surface area contributed by atoms with Gasteiger partial charge >= 0.3 is 5.97 Å². The molecule has 1 aromatic heterocycles. The Balaban J connectivity index is 1.71. The molecule has 0 N–H and O–H groups in total. The van der Waals surface area contributed by atoms with E-state index in [-0.39, 0.29) is 17.6 Å². The molecule has 1 aliphatic heterocycles. The SMILES string of the molecule is CCOC(=O)c1cn(C2CC2)c2c(C)c(-c3ccc4c(c3)OCCO4)ccc2c1=O. The number of hydrogen-bond acceptors (Lipinski definition) is 5. The molecule has 0 radical (unpaired) electrons. The third-order valence-electron chi connectivity index (χ3n) is 5.74. The predicted octanol–water partition coefficient (Wildman–Crippen LogP) is 4.26. The van der Waals surface area contributed by atoms with Crippen LogP contribution in [0.1, 0.15) is 41.7 Å². The molecule has 0 bridgehead atoms. The zero-order valence-electron chi connectivity index (χ0n) is 17.1. The smallest absolute Gasteiger partial charge is 0.343 e. The van der Waals surface area contributed by atoms with Gasteiger partial charge in [-0.25, -0.2) is 4.79 Å². The van der Waals surface area contributed by atoms with Crippen molar-refractivity contribution in [3.8, 4) is 22.6 Å². The Morgan fingerprint density at radius 3 is 2.63 bits per heavy atom. The van der Waals surface area contributed by atoms with Crippen molar-refractivity contribution in [2.45, 2.75) is 32.7 Å². The zero-order chi connectivity index (χ0) is 20.8. The van der Waals surface area contributed by atoms with Gasteiger partial charge in [-0.3, -0.25) is 4.79 Å². The lowest BCUT2D eigenvalue weighted by molar-refractivity contribution is 0.0524. The first-order chi connectivity index (χ1) is 14.6. The molecule has 2 aliphatic rings. The van der Waals surface area contributed by atoms with E-state index in [1.54, 1.807) is 13.1 Å². The Morgan fingerprint density at radius 2 is 1.90 bits per heavy atom. The molecule has 0 unspecified atom stereocenters. The van der Waals surface area contributed by atoms with Crippen molar-refractivity contribution in [2.24, 2.45) is 0 Å². The van der Waals surface area contributed by atoms with E-state index in [1.807, 2.05) is 37.3 Å². The summed E-state index contributed by atoms with van der Waals surface area (Å²) in [4.78, 5) is 25.4. The highest BCUT2D eigenvalue weighted by Crippen LogP contribution is 2.40. The molecule has 1 saturated carbocycles. The molecule has 154 valence electrons. The molecule has 5 rings (SSSR count). The number of benzene rings is 2. The molecule has 6 heteroatoms. The summed E-state index contributed by atoms with van der Waals surface area (Å²) in [5, 5.41) is 0.547. The van der Waals surface area contributed by atoms with Crippen LogP contribution >= 0.6 is 0 Å². The van der Waals surface area contributed by atoms with Crippen molar-refractivity contribution in [3.63, 3.8) is 0 Å². The minimum Gasteiger partial charge on any atom is -0.486 e. The van der Waals surface area contributed by atoms with Gasteiger partial charge in [-0.15, -0.1) is 0 Å². The number of carbonyl (C=O) groups is 1. The molecule has 0 amide bonds. The Labute approximate surface area is 174 Å². The third-order valence-corrected chi connectivity index (χ3v) is 5.74. The molecule has 30 heavy (non-hydrogen) atoms. The minimum absolute atomic E-state index is 0.0997. The highest BCUT2D eigenvalue weighted by atomic mass is 16.6. The molecule has 1 fully saturated rings. The van der Waals surface area contributed by atoms with E-state index in [0.29, 0.717) is 24.6 Å². The molecule has 3 aromatic rings. The van der Waals surface area contributed by atoms with Gasteiger partial charge in [-0.1, -0.05) is 12.1 Å². The van der Waals surface area contributed by atoms with E-state index in [2.05, 4.69) is 4.57 Å². The predicted molar refractivity (Wildman–Crippen MR) is 114 cm³/mol. The number of aromatic nitrogens is 1. The highest BCUT2D eigenvalue weighted by molar-refractivity contribution is 5.96. The van der Waals surface area contributed by atoms with Gasteiger partial charge < -0.3 is 18.8 Å². The van der Waals surface area contributed by atoms with Crippen molar-refractivity contribution in [3.05, 3.63) is 57.9 Å². The fourth-order valence-electron chi connectivity index (χ4n) is 4.14. The van der Waals surface area contributed by atoms with Gasteiger partial charge in [0.15, 0.2) is 11.5 Å². The molecule has 0 saturated heterocycles. The number of carbonyl (C=O) groups excluding carboxylic acids is 1. The van der Waals surface area contributed by atoms with Gasteiger partial charge in [0, 0.05) is 17.6 Å². The van der Waals surface area contributed by atoms with Crippen LogP contribution in [0.4, 0.5) is 0 Å². The van der Waals surface area contributed by atoms with E-state index in [1.165, 1.54) is 0 Å². The van der Waals surface area contributed by atoms with Crippen LogP contribution in [-0.4, -0.2) is 30.4 Å². The van der Waals surface area contributed by atoms with Gasteiger partial charge in [0.2, 0.25) is 5.43 Å². The average Bonchev–Trinajstić information content (AvgIpc) is 3.59. The number of fused-ring (bicyclic) bond motifs is 2. The van der Waals surface area contributed by atoms with Crippen molar-refractivity contribution in [2.75, 3.05) is 19.8 Å². The van der Waals surface area contributed by atoms with E-state index >= 15 is 0 Å². The second-order valence-electron chi connectivity index (χ2n) is 7.72. The molecular weight excluding hydrogens is 382 g/mol. The van der Waals surface area contributed by atoms with Crippen molar-refractivity contribution < 1.29 is 19.0 Å². The maximum atomic E-state index is 13.1. The average molecular weight is 405 g/mol. The number of aryl methyl sites for hydroxylation is 1.